The zero-order chi connectivity index (χ0) is 22.3. The molecule has 0 bridgehead atoms. The number of benzene rings is 3. The molecule has 5 heteroatoms. The summed E-state index contributed by atoms with van der Waals surface area (Å²) >= 11 is 0. The molecule has 172 valence electrons. The second-order valence-electron chi connectivity index (χ2n) is 8.88. The van der Waals surface area contributed by atoms with Gasteiger partial charge in [-0.3, -0.25) is 4.90 Å². The van der Waals surface area contributed by atoms with Gasteiger partial charge in [0, 0.05) is 25.2 Å². The van der Waals surface area contributed by atoms with Gasteiger partial charge in [-0.1, -0.05) is 60.7 Å². The number of hydrogen-bond acceptors (Lipinski definition) is 5. The van der Waals surface area contributed by atoms with Crippen molar-refractivity contribution in [3.05, 3.63) is 90.0 Å². The molecule has 0 radical (unpaired) electrons. The lowest BCUT2D eigenvalue weighted by Crippen LogP contribution is -2.47. The third kappa shape index (κ3) is 6.06. The Bertz CT molecular complexity index is 1000. The first kappa shape index (κ1) is 21.8. The lowest BCUT2D eigenvalue weighted by molar-refractivity contribution is 0.0837. The van der Waals surface area contributed by atoms with Crippen molar-refractivity contribution in [3.8, 4) is 17.2 Å². The van der Waals surface area contributed by atoms with E-state index in [4.69, 9.17) is 14.2 Å². The van der Waals surface area contributed by atoms with E-state index in [2.05, 4.69) is 52.7 Å². The van der Waals surface area contributed by atoms with E-state index in [9.17, 15) is 0 Å². The average Bonchev–Trinajstić information content (AvgIpc) is 2.88. The third-order valence-corrected chi connectivity index (χ3v) is 6.35. The third-order valence-electron chi connectivity index (χ3n) is 6.35. The molecule has 0 amide bonds. The Balaban J connectivity index is 1.07. The van der Waals surface area contributed by atoms with E-state index in [-0.39, 0.29) is 6.10 Å². The van der Waals surface area contributed by atoms with E-state index in [1.54, 1.807) is 0 Å². The largest absolute Gasteiger partial charge is 0.489 e. The maximum absolute atomic E-state index is 6.24. The first-order chi connectivity index (χ1) is 16.3. The standard InChI is InChI=1S/C28H32N2O3/c1-3-7-22(8-4-1)19-30-15-13-24(14-16-30)29-18-26-21-32-27-12-11-25(17-28(27)33-26)31-20-23-9-5-2-6-10-23/h1-12,17,24,26,29H,13-16,18-21H2/t26-/m1/s1. The van der Waals surface area contributed by atoms with Gasteiger partial charge in [0.15, 0.2) is 11.5 Å². The number of piperidine rings is 1. The lowest BCUT2D eigenvalue weighted by atomic mass is 10.0. The van der Waals surface area contributed by atoms with Gasteiger partial charge in [-0.05, 0) is 49.2 Å². The zero-order valence-corrected chi connectivity index (χ0v) is 19.0. The number of hydrogen-bond donors (Lipinski definition) is 1. The molecule has 3 aromatic carbocycles. The van der Waals surface area contributed by atoms with Gasteiger partial charge in [0.05, 0.1) is 0 Å². The summed E-state index contributed by atoms with van der Waals surface area (Å²) in [7, 11) is 0. The highest BCUT2D eigenvalue weighted by atomic mass is 16.6. The normalized spacial score (nSPS) is 18.7. The Morgan fingerprint density at radius 2 is 1.58 bits per heavy atom. The Morgan fingerprint density at radius 3 is 2.33 bits per heavy atom. The number of rotatable bonds is 8. The minimum atomic E-state index is 0.00391. The van der Waals surface area contributed by atoms with E-state index >= 15 is 0 Å². The van der Waals surface area contributed by atoms with Gasteiger partial charge in [0.25, 0.3) is 0 Å². The molecule has 0 spiro atoms. The van der Waals surface area contributed by atoms with Crippen LogP contribution in [0.1, 0.15) is 24.0 Å². The monoisotopic (exact) mass is 444 g/mol. The highest BCUT2D eigenvalue weighted by Gasteiger charge is 2.24. The highest BCUT2D eigenvalue weighted by Crippen LogP contribution is 2.35. The van der Waals surface area contributed by atoms with Gasteiger partial charge in [0.1, 0.15) is 25.1 Å². The van der Waals surface area contributed by atoms with Crippen LogP contribution in [0.15, 0.2) is 78.9 Å². The Morgan fingerprint density at radius 1 is 0.848 bits per heavy atom. The molecule has 0 saturated carbocycles. The molecule has 5 rings (SSSR count). The van der Waals surface area contributed by atoms with Crippen LogP contribution in [0, 0.1) is 0 Å². The first-order valence-corrected chi connectivity index (χ1v) is 11.9. The van der Waals surface area contributed by atoms with Crippen LogP contribution in [0.4, 0.5) is 0 Å². The zero-order valence-electron chi connectivity index (χ0n) is 19.0. The fourth-order valence-electron chi connectivity index (χ4n) is 4.46. The number of ether oxygens (including phenoxy) is 3. The van der Waals surface area contributed by atoms with Crippen LogP contribution in [0.2, 0.25) is 0 Å². The molecule has 33 heavy (non-hydrogen) atoms. The van der Waals surface area contributed by atoms with Gasteiger partial charge in [0.2, 0.25) is 0 Å². The number of nitrogens with one attached hydrogen (secondary N) is 1. The molecule has 3 aromatic rings. The van der Waals surface area contributed by atoms with E-state index in [1.165, 1.54) is 5.56 Å². The summed E-state index contributed by atoms with van der Waals surface area (Å²) in [4.78, 5) is 2.54. The number of likely N-dealkylation sites (tertiary alicyclic amines) is 1. The van der Waals surface area contributed by atoms with Crippen molar-refractivity contribution in [2.75, 3.05) is 26.2 Å². The van der Waals surface area contributed by atoms with Gasteiger partial charge < -0.3 is 19.5 Å². The summed E-state index contributed by atoms with van der Waals surface area (Å²) in [5.74, 6) is 2.34. The Hall–Kier alpha value is -3.02. The second kappa shape index (κ2) is 10.7. The lowest BCUT2D eigenvalue weighted by Gasteiger charge is -2.34. The minimum Gasteiger partial charge on any atom is -0.489 e. The number of fused-ring (bicyclic) bond motifs is 1. The summed E-state index contributed by atoms with van der Waals surface area (Å²) in [5, 5.41) is 3.70. The molecule has 1 atom stereocenters. The average molecular weight is 445 g/mol. The summed E-state index contributed by atoms with van der Waals surface area (Å²) in [6.07, 6.45) is 2.33. The van der Waals surface area contributed by atoms with Crippen LogP contribution in [-0.4, -0.2) is 43.3 Å². The fourth-order valence-corrected chi connectivity index (χ4v) is 4.46. The van der Waals surface area contributed by atoms with E-state index in [1.807, 2.05) is 36.4 Å². The molecule has 0 aliphatic carbocycles. The Labute approximate surface area is 196 Å². The van der Waals surface area contributed by atoms with Crippen LogP contribution in [0.3, 0.4) is 0 Å². The van der Waals surface area contributed by atoms with Crippen molar-refractivity contribution >= 4 is 0 Å². The first-order valence-electron chi connectivity index (χ1n) is 11.9. The highest BCUT2D eigenvalue weighted by molar-refractivity contribution is 5.46. The van der Waals surface area contributed by atoms with Crippen molar-refractivity contribution in [3.63, 3.8) is 0 Å². The fraction of sp³-hybridized carbons (Fsp3) is 0.357. The van der Waals surface area contributed by atoms with Gasteiger partial charge in [-0.25, -0.2) is 0 Å². The van der Waals surface area contributed by atoms with Crippen molar-refractivity contribution in [2.24, 2.45) is 0 Å². The predicted molar refractivity (Wildman–Crippen MR) is 130 cm³/mol. The van der Waals surface area contributed by atoms with Crippen LogP contribution >= 0.6 is 0 Å². The van der Waals surface area contributed by atoms with Crippen molar-refractivity contribution in [1.82, 2.24) is 10.2 Å². The molecular formula is C28H32N2O3. The summed E-state index contributed by atoms with van der Waals surface area (Å²) < 4.78 is 18.1. The van der Waals surface area contributed by atoms with Crippen LogP contribution in [-0.2, 0) is 13.2 Å². The molecule has 0 unspecified atom stereocenters. The topological polar surface area (TPSA) is 43.0 Å². The van der Waals surface area contributed by atoms with E-state index < -0.39 is 0 Å². The van der Waals surface area contributed by atoms with E-state index in [0.717, 1.165) is 61.8 Å². The molecule has 2 heterocycles. The molecule has 1 fully saturated rings. The van der Waals surface area contributed by atoms with Crippen LogP contribution < -0.4 is 19.5 Å². The summed E-state index contributed by atoms with van der Waals surface area (Å²) in [5.41, 5.74) is 2.53. The molecule has 5 nitrogen and oxygen atoms in total. The van der Waals surface area contributed by atoms with Crippen LogP contribution in [0.5, 0.6) is 17.2 Å². The minimum absolute atomic E-state index is 0.00391. The molecule has 1 N–H and O–H groups in total. The maximum Gasteiger partial charge on any atom is 0.165 e. The summed E-state index contributed by atoms with van der Waals surface area (Å²) in [6, 6.07) is 27.2. The molecule has 2 aliphatic heterocycles. The number of nitrogens with zero attached hydrogens (tertiary/aromatic N) is 1. The van der Waals surface area contributed by atoms with Gasteiger partial charge in [-0.15, -0.1) is 0 Å². The van der Waals surface area contributed by atoms with E-state index in [0.29, 0.717) is 19.3 Å². The molecule has 0 aromatic heterocycles. The maximum atomic E-state index is 6.24. The summed E-state index contributed by atoms with van der Waals surface area (Å²) in [6.45, 7) is 5.18. The van der Waals surface area contributed by atoms with Crippen molar-refractivity contribution in [2.45, 2.75) is 38.1 Å². The van der Waals surface area contributed by atoms with Crippen molar-refractivity contribution < 1.29 is 14.2 Å². The van der Waals surface area contributed by atoms with Crippen molar-refractivity contribution in [1.29, 1.82) is 0 Å². The Kier molecular flexibility index (Phi) is 7.09. The predicted octanol–water partition coefficient (Wildman–Crippen LogP) is 4.66. The second-order valence-corrected chi connectivity index (χ2v) is 8.88. The molecule has 1 saturated heterocycles. The van der Waals surface area contributed by atoms with Gasteiger partial charge >= 0.3 is 0 Å². The smallest absolute Gasteiger partial charge is 0.165 e. The SMILES string of the molecule is c1ccc(COc2ccc3c(c2)O[C@H](CNC2CCN(Cc4ccccc4)CC2)CO3)cc1. The molecule has 2 aliphatic rings. The quantitative estimate of drug-likeness (QED) is 0.547. The molecular weight excluding hydrogens is 412 g/mol. The van der Waals surface area contributed by atoms with Gasteiger partial charge in [-0.2, -0.15) is 0 Å². The van der Waals surface area contributed by atoms with Crippen LogP contribution in [0.25, 0.3) is 0 Å².